The zero-order chi connectivity index (χ0) is 10.5. The minimum Gasteiger partial charge on any atom is -0.355 e. The van der Waals surface area contributed by atoms with Crippen LogP contribution in [-0.4, -0.2) is 36.5 Å². The van der Waals surface area contributed by atoms with Gasteiger partial charge in [0.05, 0.1) is 0 Å². The first-order chi connectivity index (χ1) is 7.36. The van der Waals surface area contributed by atoms with Crippen LogP contribution in [0.3, 0.4) is 0 Å². The Kier molecular flexibility index (Phi) is 4.01. The predicted octanol–water partition coefficient (Wildman–Crippen LogP) is 1.53. The van der Waals surface area contributed by atoms with E-state index in [1.54, 1.807) is 0 Å². The van der Waals surface area contributed by atoms with Gasteiger partial charge < -0.3 is 5.32 Å². The first-order valence-corrected chi connectivity index (χ1v) is 6.37. The Bertz CT molecular complexity index is 200. The van der Waals surface area contributed by atoms with Crippen molar-refractivity contribution >= 4 is 5.91 Å². The van der Waals surface area contributed by atoms with Gasteiger partial charge in [-0.1, -0.05) is 19.3 Å². The molecule has 0 unspecified atom stereocenters. The van der Waals surface area contributed by atoms with Crippen molar-refractivity contribution in [2.45, 2.75) is 51.0 Å². The summed E-state index contributed by atoms with van der Waals surface area (Å²) < 4.78 is 0. The summed E-state index contributed by atoms with van der Waals surface area (Å²) in [4.78, 5) is 13.8. The van der Waals surface area contributed by atoms with Gasteiger partial charge in [-0.2, -0.15) is 0 Å². The Balaban J connectivity index is 1.82. The summed E-state index contributed by atoms with van der Waals surface area (Å²) >= 11 is 0. The molecule has 0 radical (unpaired) electrons. The van der Waals surface area contributed by atoms with Gasteiger partial charge in [-0.25, -0.2) is 0 Å². The molecular formula is C12H22N2O. The molecule has 2 aliphatic rings. The summed E-state index contributed by atoms with van der Waals surface area (Å²) in [7, 11) is 0. The summed E-state index contributed by atoms with van der Waals surface area (Å²) in [5, 5.41) is 2.97. The maximum atomic E-state index is 11.2. The normalized spacial score (nSPS) is 26.8. The second-order valence-electron chi connectivity index (χ2n) is 4.78. The van der Waals surface area contributed by atoms with Gasteiger partial charge in [0.15, 0.2) is 0 Å². The van der Waals surface area contributed by atoms with E-state index in [9.17, 15) is 4.79 Å². The number of hydrogen-bond acceptors (Lipinski definition) is 2. The third-order valence-corrected chi connectivity index (χ3v) is 3.66. The molecule has 0 atom stereocenters. The number of nitrogens with one attached hydrogen (secondary N) is 1. The average Bonchev–Trinajstić information content (AvgIpc) is 2.24. The number of hydrogen-bond donors (Lipinski definition) is 1. The van der Waals surface area contributed by atoms with E-state index in [0.717, 1.165) is 32.1 Å². The summed E-state index contributed by atoms with van der Waals surface area (Å²) in [6, 6.07) is 0.800. The maximum Gasteiger partial charge on any atom is 0.220 e. The third kappa shape index (κ3) is 3.20. The highest BCUT2D eigenvalue weighted by atomic mass is 16.1. The molecule has 1 amide bonds. The van der Waals surface area contributed by atoms with Crippen molar-refractivity contribution in [3.8, 4) is 0 Å². The molecule has 2 rings (SSSR count). The molecule has 1 aliphatic carbocycles. The Hall–Kier alpha value is -0.570. The molecule has 0 aromatic heterocycles. The molecule has 86 valence electrons. The van der Waals surface area contributed by atoms with Crippen LogP contribution in [0.4, 0.5) is 0 Å². The van der Waals surface area contributed by atoms with Crippen molar-refractivity contribution in [2.75, 3.05) is 19.6 Å². The molecule has 3 heteroatoms. The van der Waals surface area contributed by atoms with Crippen LogP contribution in [0.5, 0.6) is 0 Å². The molecular weight excluding hydrogens is 188 g/mol. The fourth-order valence-corrected chi connectivity index (χ4v) is 2.79. The van der Waals surface area contributed by atoms with Gasteiger partial charge in [0.2, 0.25) is 5.91 Å². The lowest BCUT2D eigenvalue weighted by Crippen LogP contribution is -2.44. The van der Waals surface area contributed by atoms with Gasteiger partial charge in [-0.15, -0.1) is 0 Å². The smallest absolute Gasteiger partial charge is 0.220 e. The largest absolute Gasteiger partial charge is 0.355 e. The zero-order valence-corrected chi connectivity index (χ0v) is 9.50. The van der Waals surface area contributed by atoms with Crippen molar-refractivity contribution < 1.29 is 4.79 Å². The van der Waals surface area contributed by atoms with Gasteiger partial charge in [0.25, 0.3) is 0 Å². The molecule has 0 aromatic carbocycles. The fraction of sp³-hybridized carbons (Fsp3) is 0.917. The quantitative estimate of drug-likeness (QED) is 0.712. The molecule has 1 heterocycles. The van der Waals surface area contributed by atoms with Gasteiger partial charge in [0, 0.05) is 25.6 Å². The summed E-state index contributed by atoms with van der Waals surface area (Å²) in [6.45, 7) is 3.02. The lowest BCUT2D eigenvalue weighted by Gasteiger charge is -2.35. The lowest BCUT2D eigenvalue weighted by atomic mass is 9.94. The van der Waals surface area contributed by atoms with Crippen molar-refractivity contribution in [2.24, 2.45) is 0 Å². The van der Waals surface area contributed by atoms with Crippen LogP contribution >= 0.6 is 0 Å². The van der Waals surface area contributed by atoms with Gasteiger partial charge in [-0.05, 0) is 25.8 Å². The minimum absolute atomic E-state index is 0.235. The van der Waals surface area contributed by atoms with Crippen molar-refractivity contribution in [1.29, 1.82) is 0 Å². The number of carbonyl (C=O) groups is 1. The van der Waals surface area contributed by atoms with E-state index < -0.39 is 0 Å². The van der Waals surface area contributed by atoms with Crippen LogP contribution in [-0.2, 0) is 4.79 Å². The van der Waals surface area contributed by atoms with Gasteiger partial charge >= 0.3 is 0 Å². The molecule has 1 saturated carbocycles. The molecule has 0 spiro atoms. The van der Waals surface area contributed by atoms with E-state index in [1.165, 1.54) is 32.1 Å². The number of nitrogens with zero attached hydrogens (tertiary/aromatic N) is 1. The molecule has 0 aromatic rings. The summed E-state index contributed by atoms with van der Waals surface area (Å²) in [5.74, 6) is 0.235. The molecule has 3 nitrogen and oxygen atoms in total. The molecule has 15 heavy (non-hydrogen) atoms. The standard InChI is InChI=1S/C12H22N2O/c15-12-7-4-9-14(10-8-13-12)11-5-2-1-3-6-11/h11H,1-10H2,(H,13,15). The molecule has 2 fully saturated rings. The Morgan fingerprint density at radius 1 is 1.07 bits per heavy atom. The molecule has 1 saturated heterocycles. The van der Waals surface area contributed by atoms with Crippen LogP contribution in [0.2, 0.25) is 0 Å². The van der Waals surface area contributed by atoms with Crippen LogP contribution in [0.15, 0.2) is 0 Å². The first kappa shape index (κ1) is 10.9. The topological polar surface area (TPSA) is 32.3 Å². The van der Waals surface area contributed by atoms with Crippen LogP contribution in [0.1, 0.15) is 44.9 Å². The second-order valence-corrected chi connectivity index (χ2v) is 4.78. The van der Waals surface area contributed by atoms with E-state index in [1.807, 2.05) is 0 Å². The van der Waals surface area contributed by atoms with Crippen LogP contribution in [0, 0.1) is 0 Å². The van der Waals surface area contributed by atoms with E-state index in [4.69, 9.17) is 0 Å². The number of amides is 1. The monoisotopic (exact) mass is 210 g/mol. The van der Waals surface area contributed by atoms with Gasteiger partial charge in [-0.3, -0.25) is 9.69 Å². The first-order valence-electron chi connectivity index (χ1n) is 6.37. The van der Waals surface area contributed by atoms with E-state index in [-0.39, 0.29) is 5.91 Å². The number of rotatable bonds is 1. The molecule has 1 N–H and O–H groups in total. The molecule has 1 aliphatic heterocycles. The fourth-order valence-electron chi connectivity index (χ4n) is 2.79. The summed E-state index contributed by atoms with van der Waals surface area (Å²) in [5.41, 5.74) is 0. The van der Waals surface area contributed by atoms with E-state index in [0.29, 0.717) is 6.42 Å². The van der Waals surface area contributed by atoms with Crippen molar-refractivity contribution in [1.82, 2.24) is 10.2 Å². The van der Waals surface area contributed by atoms with Crippen LogP contribution < -0.4 is 5.32 Å². The Morgan fingerprint density at radius 3 is 2.67 bits per heavy atom. The van der Waals surface area contributed by atoms with Crippen molar-refractivity contribution in [3.63, 3.8) is 0 Å². The number of carbonyl (C=O) groups excluding carboxylic acids is 1. The maximum absolute atomic E-state index is 11.2. The summed E-state index contributed by atoms with van der Waals surface area (Å²) in [6.07, 6.45) is 8.69. The Labute approximate surface area is 92.2 Å². The van der Waals surface area contributed by atoms with E-state index >= 15 is 0 Å². The minimum atomic E-state index is 0.235. The highest BCUT2D eigenvalue weighted by Gasteiger charge is 2.21. The predicted molar refractivity (Wildman–Crippen MR) is 60.7 cm³/mol. The molecule has 0 bridgehead atoms. The van der Waals surface area contributed by atoms with Crippen LogP contribution in [0.25, 0.3) is 0 Å². The lowest BCUT2D eigenvalue weighted by molar-refractivity contribution is -0.121. The van der Waals surface area contributed by atoms with E-state index in [2.05, 4.69) is 10.2 Å². The highest BCUT2D eigenvalue weighted by Crippen LogP contribution is 2.22. The van der Waals surface area contributed by atoms with Crippen molar-refractivity contribution in [3.05, 3.63) is 0 Å². The third-order valence-electron chi connectivity index (χ3n) is 3.66. The second kappa shape index (κ2) is 5.50. The zero-order valence-electron chi connectivity index (χ0n) is 9.50. The highest BCUT2D eigenvalue weighted by molar-refractivity contribution is 5.75. The van der Waals surface area contributed by atoms with Gasteiger partial charge in [0.1, 0.15) is 0 Å². The average molecular weight is 210 g/mol. The Morgan fingerprint density at radius 2 is 1.87 bits per heavy atom. The SMILES string of the molecule is O=C1CCCN(C2CCCCC2)CCN1.